The van der Waals surface area contributed by atoms with Crippen LogP contribution in [-0.4, -0.2) is 80.3 Å². The topological polar surface area (TPSA) is 227 Å². The van der Waals surface area contributed by atoms with E-state index < -0.39 is 4.92 Å². The molecular formula is C105H85Cl2N3O13S7. The lowest BCUT2D eigenvalue weighted by atomic mass is 10.1. The standard InChI is InChI=1S/C20H16O2S.C15H15NOS.C15H14O2S.C14H11NO4S.C14H9NOS.C14H12O2S.C13H8Cl2OS/c21-19(20-7-4-14-23-20)13-10-16-8-11-18(12-9-16)22-15-17-5-2-1-3-6-17;1-16(2)13-8-5-12(6-9-13)7-10-14(17)15-4-3-11-18-15;1-2-17-13-8-5-12(6-9-13)7-10-14(16)15-4-3-11-18-15;1-19-13-7-5-10(9-11(13)15(17)18)4-6-12(16)14-3-2-8-20-14;15-10-12-5-3-11(4-6-12)7-8-13(16)14-2-1-9-17-14;1-16-12-7-4-11(5-8-12)6-9-13(15)14-3-2-10-17-14;14-10-5-3-9(11(15)8-10)4-6-12(16)13-2-1-7-17-13/h1-14H,15H2;3-11H,1-2H3;3-11H,2H2,1H3;2-9H,1H3;1-9H;2-10H,1H3;1-8H/b13-10+;2*10-7+;6-4+;8-7+;9-6+;6-4+. The Morgan fingerprint density at radius 1 is 0.377 bits per heavy atom. The highest BCUT2D eigenvalue weighted by Crippen LogP contribution is 2.30. The van der Waals surface area contributed by atoms with Crippen molar-refractivity contribution < 1.29 is 57.4 Å². The lowest BCUT2D eigenvalue weighted by molar-refractivity contribution is -0.385. The van der Waals surface area contributed by atoms with Crippen LogP contribution in [0.2, 0.25) is 10.0 Å². The van der Waals surface area contributed by atoms with E-state index in [1.54, 1.807) is 116 Å². The summed E-state index contributed by atoms with van der Waals surface area (Å²) in [5.41, 5.74) is 9.02. The average molecular weight is 1890 g/mol. The molecule has 7 heterocycles. The quantitative estimate of drug-likeness (QED) is 0.0176. The van der Waals surface area contributed by atoms with Crippen molar-refractivity contribution in [1.29, 1.82) is 5.26 Å². The number of nitro benzene ring substituents is 1. The molecule has 16 nitrogen and oxygen atoms in total. The molecule has 15 aromatic rings. The fourth-order valence-corrected chi connectivity index (χ4v) is 15.8. The molecule has 0 amide bonds. The van der Waals surface area contributed by atoms with Crippen LogP contribution < -0.4 is 23.8 Å². The number of benzene rings is 8. The van der Waals surface area contributed by atoms with Crippen LogP contribution in [0.1, 0.15) is 125 Å². The summed E-state index contributed by atoms with van der Waals surface area (Å²) in [7, 11) is 7.01. The monoisotopic (exact) mass is 1890 g/mol. The van der Waals surface area contributed by atoms with E-state index in [2.05, 4.69) is 6.07 Å². The number of carbonyl (C=O) groups excluding carboxylic acids is 7. The maximum absolute atomic E-state index is 11.9. The summed E-state index contributed by atoms with van der Waals surface area (Å²) >= 11 is 21.8. The molecule has 7 aromatic heterocycles. The van der Waals surface area contributed by atoms with Gasteiger partial charge in [0.2, 0.25) is 0 Å². The molecule has 0 atom stereocenters. The number of ketones is 7. The summed E-state index contributed by atoms with van der Waals surface area (Å²) in [6.07, 6.45) is 23.2. The maximum Gasteiger partial charge on any atom is 0.311 e. The van der Waals surface area contributed by atoms with Gasteiger partial charge in [-0.3, -0.25) is 43.7 Å². The van der Waals surface area contributed by atoms with E-state index >= 15 is 0 Å². The number of methoxy groups -OCH3 is 2. The van der Waals surface area contributed by atoms with Gasteiger partial charge >= 0.3 is 5.69 Å². The molecule has 654 valence electrons. The third kappa shape index (κ3) is 35.0. The SMILES string of the molecule is CCOc1ccc(/C=C/C(=O)c2cccs2)cc1.CN(C)c1ccc(/C=C/C(=O)c2cccs2)cc1.COc1ccc(/C=C/C(=O)c2cccs2)cc1.COc1ccc(/C=C/C(=O)c2cccs2)cc1[N+](=O)[O-].N#Cc1ccc(/C=C/C(=O)c2cccs2)cc1.O=C(/C=C/c1ccc(Cl)cc1Cl)c1cccs1.O=C(/C=C/c1ccc(OCc2ccccc2)cc1)c1cccs1. The molecule has 0 bridgehead atoms. The first-order valence-corrected chi connectivity index (χ1v) is 46.6. The van der Waals surface area contributed by atoms with Gasteiger partial charge in [-0.05, 0) is 259 Å². The Kier molecular flexibility index (Phi) is 42.1. The highest BCUT2D eigenvalue weighted by Gasteiger charge is 2.16. The minimum absolute atomic E-state index is 0.00404. The highest BCUT2D eigenvalue weighted by atomic mass is 35.5. The molecule has 25 heteroatoms. The lowest BCUT2D eigenvalue weighted by Gasteiger charge is -2.11. The predicted molar refractivity (Wildman–Crippen MR) is 540 cm³/mol. The van der Waals surface area contributed by atoms with Gasteiger partial charge in [-0.15, -0.1) is 79.4 Å². The van der Waals surface area contributed by atoms with E-state index in [1.165, 1.54) is 111 Å². The molecule has 15 rings (SSSR count). The molecule has 0 radical (unpaired) electrons. The van der Waals surface area contributed by atoms with Crippen molar-refractivity contribution in [1.82, 2.24) is 0 Å². The molecule has 0 unspecified atom stereocenters. The van der Waals surface area contributed by atoms with Crippen LogP contribution in [0.4, 0.5) is 11.4 Å². The molecule has 130 heavy (non-hydrogen) atoms. The van der Waals surface area contributed by atoms with Gasteiger partial charge < -0.3 is 23.8 Å². The van der Waals surface area contributed by atoms with E-state index in [0.717, 1.165) is 86.3 Å². The highest BCUT2D eigenvalue weighted by molar-refractivity contribution is 7.14. The number of anilines is 1. The number of hydrogen-bond donors (Lipinski definition) is 0. The number of rotatable bonds is 30. The minimum Gasteiger partial charge on any atom is -0.497 e. The molecule has 0 saturated heterocycles. The molecule has 0 fully saturated rings. The number of nitrogens with zero attached hydrogens (tertiary/aromatic N) is 3. The zero-order chi connectivity index (χ0) is 92.6. The Hall–Kier alpha value is -14.0. The average Bonchev–Trinajstić information content (AvgIpc) is 1.27. The molecule has 0 aliphatic carbocycles. The van der Waals surface area contributed by atoms with Crippen molar-refractivity contribution in [3.05, 3.63) is 458 Å². The van der Waals surface area contributed by atoms with Crippen molar-refractivity contribution in [2.24, 2.45) is 0 Å². The fraction of sp³-hybridized carbons (Fsp3) is 0.0667. The van der Waals surface area contributed by atoms with Crippen LogP contribution in [-0.2, 0) is 6.61 Å². The van der Waals surface area contributed by atoms with Gasteiger partial charge in [0.05, 0.1) is 71.5 Å². The molecule has 0 aliphatic rings. The number of hydrogen-bond acceptors (Lipinski definition) is 22. The number of nitro groups is 1. The summed E-state index contributed by atoms with van der Waals surface area (Å²) < 4.78 is 21.1. The number of allylic oxidation sites excluding steroid dienone is 7. The Labute approximate surface area is 793 Å². The van der Waals surface area contributed by atoms with Gasteiger partial charge in [0, 0.05) is 35.9 Å². The second-order valence-electron chi connectivity index (χ2n) is 26.9. The Morgan fingerprint density at radius 2 is 0.700 bits per heavy atom. The van der Waals surface area contributed by atoms with Gasteiger partial charge in [-0.2, -0.15) is 5.26 Å². The maximum atomic E-state index is 11.9. The van der Waals surface area contributed by atoms with Crippen LogP contribution in [0.15, 0.2) is 353 Å². The summed E-state index contributed by atoms with van der Waals surface area (Å²) in [6.45, 7) is 3.16. The van der Waals surface area contributed by atoms with Crippen molar-refractivity contribution in [2.75, 3.05) is 39.8 Å². The van der Waals surface area contributed by atoms with E-state index in [-0.39, 0.29) is 51.9 Å². The normalized spacial score (nSPS) is 10.7. The third-order valence-electron chi connectivity index (χ3n) is 17.6. The van der Waals surface area contributed by atoms with E-state index in [4.69, 9.17) is 47.4 Å². The predicted octanol–water partition coefficient (Wildman–Crippen LogP) is 28.7. The van der Waals surface area contributed by atoms with Crippen molar-refractivity contribution >= 4 is 197 Å². The van der Waals surface area contributed by atoms with Crippen molar-refractivity contribution in [3.8, 4) is 29.1 Å². The van der Waals surface area contributed by atoms with Crippen molar-refractivity contribution in [2.45, 2.75) is 13.5 Å². The summed E-state index contributed by atoms with van der Waals surface area (Å²) in [5, 5.41) is 33.8. The molecular weight excluding hydrogens is 1810 g/mol. The summed E-state index contributed by atoms with van der Waals surface area (Å²) in [4.78, 5) is 99.8. The van der Waals surface area contributed by atoms with Crippen LogP contribution in [0.3, 0.4) is 0 Å². The fourth-order valence-electron chi connectivity index (χ4n) is 10.8. The van der Waals surface area contributed by atoms with Gasteiger partial charge in [-0.1, -0.05) is 205 Å². The van der Waals surface area contributed by atoms with Crippen LogP contribution in [0, 0.1) is 21.4 Å². The van der Waals surface area contributed by atoms with E-state index in [0.29, 0.717) is 44.1 Å². The smallest absolute Gasteiger partial charge is 0.311 e. The number of ether oxygens (including phenoxy) is 4. The number of thiophene rings is 7. The molecule has 0 N–H and O–H groups in total. The lowest BCUT2D eigenvalue weighted by Crippen LogP contribution is -2.07. The Morgan fingerprint density at radius 3 is 1.01 bits per heavy atom. The zero-order valence-electron chi connectivity index (χ0n) is 70.8. The van der Waals surface area contributed by atoms with Crippen LogP contribution in [0.25, 0.3) is 42.5 Å². The first kappa shape index (κ1) is 99.8. The third-order valence-corrected chi connectivity index (χ3v) is 24.3. The second-order valence-corrected chi connectivity index (χ2v) is 34.4. The summed E-state index contributed by atoms with van der Waals surface area (Å²) in [5.74, 6) is 2.69. The van der Waals surface area contributed by atoms with Crippen LogP contribution >= 0.6 is 103 Å². The number of nitriles is 1. The zero-order valence-corrected chi connectivity index (χ0v) is 78.0. The van der Waals surface area contributed by atoms with E-state index in [9.17, 15) is 43.7 Å². The number of halogens is 2. The van der Waals surface area contributed by atoms with Gasteiger partial charge in [-0.25, -0.2) is 0 Å². The molecule has 0 aliphatic heterocycles. The Bertz CT molecular complexity index is 6320. The minimum atomic E-state index is -0.517. The van der Waals surface area contributed by atoms with E-state index in [1.807, 2.05) is 288 Å². The number of carbonyl (C=O) groups is 7. The molecule has 8 aromatic carbocycles. The summed E-state index contributed by atoms with van der Waals surface area (Å²) in [6, 6.07) is 85.6. The van der Waals surface area contributed by atoms with Crippen LogP contribution in [0.5, 0.6) is 23.0 Å². The second kappa shape index (κ2) is 54.9. The van der Waals surface area contributed by atoms with Crippen molar-refractivity contribution in [3.63, 3.8) is 0 Å². The van der Waals surface area contributed by atoms with Gasteiger partial charge in [0.15, 0.2) is 46.2 Å². The van der Waals surface area contributed by atoms with Gasteiger partial charge in [0.25, 0.3) is 0 Å². The first-order valence-electron chi connectivity index (χ1n) is 39.6. The van der Waals surface area contributed by atoms with Gasteiger partial charge in [0.1, 0.15) is 23.9 Å². The Balaban J connectivity index is 0.000000171. The molecule has 0 saturated carbocycles. The largest absolute Gasteiger partial charge is 0.497 e. The first-order chi connectivity index (χ1) is 63.1. The molecule has 0 spiro atoms.